The van der Waals surface area contributed by atoms with E-state index in [4.69, 9.17) is 24.9 Å². The fraction of sp³-hybridized carbons (Fsp3) is 0.571. The minimum absolute atomic E-state index is 0.0378. The van der Waals surface area contributed by atoms with E-state index in [-0.39, 0.29) is 11.8 Å². The fourth-order valence-electron chi connectivity index (χ4n) is 3.87. The Labute approximate surface area is 193 Å². The van der Waals surface area contributed by atoms with E-state index < -0.39 is 18.2 Å². The van der Waals surface area contributed by atoms with Crippen molar-refractivity contribution >= 4 is 11.9 Å². The summed E-state index contributed by atoms with van der Waals surface area (Å²) in [6.45, 7) is 6.28. The first-order valence-corrected chi connectivity index (χ1v) is 10.7. The molecular formula is C21H26F3N5O5. The molecule has 0 saturated carbocycles. The first-order chi connectivity index (χ1) is 16.0. The number of pyridine rings is 1. The molecule has 0 spiro atoms. The van der Waals surface area contributed by atoms with Crippen molar-refractivity contribution in [1.82, 2.24) is 20.0 Å². The number of aryl methyl sites for hydroxylation is 1. The van der Waals surface area contributed by atoms with Gasteiger partial charge in [0, 0.05) is 49.7 Å². The highest BCUT2D eigenvalue weighted by atomic mass is 19.4. The second kappa shape index (κ2) is 10.5. The van der Waals surface area contributed by atoms with Gasteiger partial charge >= 0.3 is 12.1 Å². The number of carboxylic acid groups (broad SMARTS) is 1. The summed E-state index contributed by atoms with van der Waals surface area (Å²) in [4.78, 5) is 32.1. The highest BCUT2D eigenvalue weighted by Gasteiger charge is 2.38. The molecular weight excluding hydrogens is 459 g/mol. The number of carbonyl (C=O) groups excluding carboxylic acids is 1. The number of amides is 1. The fourth-order valence-corrected chi connectivity index (χ4v) is 3.87. The molecule has 13 heteroatoms. The highest BCUT2D eigenvalue weighted by Crippen LogP contribution is 2.33. The summed E-state index contributed by atoms with van der Waals surface area (Å²) in [5.41, 5.74) is 9.74. The molecule has 186 valence electrons. The predicted octanol–water partition coefficient (Wildman–Crippen LogP) is 2.20. The number of alkyl halides is 3. The van der Waals surface area contributed by atoms with Crippen molar-refractivity contribution in [1.29, 1.82) is 0 Å². The number of ether oxygens (including phenoxy) is 1. The molecule has 0 aliphatic carbocycles. The molecule has 4 rings (SSSR count). The molecule has 0 aromatic carbocycles. The van der Waals surface area contributed by atoms with Crippen LogP contribution in [0.3, 0.4) is 0 Å². The number of hydrogen-bond acceptors (Lipinski definition) is 8. The van der Waals surface area contributed by atoms with E-state index in [0.717, 1.165) is 54.9 Å². The van der Waals surface area contributed by atoms with E-state index in [1.54, 1.807) is 11.8 Å². The molecule has 1 fully saturated rings. The smallest absolute Gasteiger partial charge is 0.475 e. The molecule has 1 amide bonds. The zero-order chi connectivity index (χ0) is 25.0. The van der Waals surface area contributed by atoms with Crippen molar-refractivity contribution in [3.8, 4) is 11.4 Å². The van der Waals surface area contributed by atoms with Crippen LogP contribution in [0.5, 0.6) is 0 Å². The minimum Gasteiger partial charge on any atom is -0.475 e. The summed E-state index contributed by atoms with van der Waals surface area (Å²) in [6, 6.07) is -0.497. The Morgan fingerprint density at radius 1 is 1.29 bits per heavy atom. The van der Waals surface area contributed by atoms with Crippen molar-refractivity contribution in [3.05, 3.63) is 28.9 Å². The van der Waals surface area contributed by atoms with Gasteiger partial charge < -0.3 is 25.0 Å². The summed E-state index contributed by atoms with van der Waals surface area (Å²) in [5, 5.41) is 11.4. The van der Waals surface area contributed by atoms with Gasteiger partial charge in [0.1, 0.15) is 0 Å². The van der Waals surface area contributed by atoms with Crippen LogP contribution >= 0.6 is 0 Å². The lowest BCUT2D eigenvalue weighted by atomic mass is 9.94. The maximum Gasteiger partial charge on any atom is 0.490 e. The molecule has 1 saturated heterocycles. The van der Waals surface area contributed by atoms with Crippen LogP contribution in [-0.2, 0) is 27.3 Å². The second-order valence-corrected chi connectivity index (χ2v) is 8.17. The summed E-state index contributed by atoms with van der Waals surface area (Å²) in [6.07, 6.45) is -0.706. The molecule has 2 aliphatic heterocycles. The molecule has 4 heterocycles. The van der Waals surface area contributed by atoms with E-state index in [1.165, 1.54) is 0 Å². The summed E-state index contributed by atoms with van der Waals surface area (Å²) in [7, 11) is 0. The van der Waals surface area contributed by atoms with E-state index in [9.17, 15) is 18.0 Å². The lowest BCUT2D eigenvalue weighted by molar-refractivity contribution is -0.192. The van der Waals surface area contributed by atoms with Gasteiger partial charge in [-0.3, -0.25) is 9.78 Å². The summed E-state index contributed by atoms with van der Waals surface area (Å²) in [5.74, 6) is -1.27. The Morgan fingerprint density at radius 2 is 1.94 bits per heavy atom. The van der Waals surface area contributed by atoms with Gasteiger partial charge in [-0.2, -0.15) is 18.2 Å². The van der Waals surface area contributed by atoms with Gasteiger partial charge in [-0.15, -0.1) is 0 Å². The number of nitrogens with two attached hydrogens (primary N) is 1. The first-order valence-electron chi connectivity index (χ1n) is 10.7. The molecule has 2 aromatic heterocycles. The van der Waals surface area contributed by atoms with E-state index in [2.05, 4.69) is 15.1 Å². The Morgan fingerprint density at radius 3 is 2.53 bits per heavy atom. The third-order valence-electron chi connectivity index (χ3n) is 5.64. The SMILES string of the molecule is Cc1ncc2c(c1-c1noc(C3CCOCC3)n1)CCN(C(=O)C(C)N)C2.O=C(O)C(F)(F)F. The average Bonchev–Trinajstić information content (AvgIpc) is 3.28. The average molecular weight is 485 g/mol. The molecule has 2 aliphatic rings. The van der Waals surface area contributed by atoms with Gasteiger partial charge in [0.2, 0.25) is 17.6 Å². The molecule has 0 bridgehead atoms. The lowest BCUT2D eigenvalue weighted by Gasteiger charge is -2.31. The molecule has 10 nitrogen and oxygen atoms in total. The van der Waals surface area contributed by atoms with Gasteiger partial charge in [-0.1, -0.05) is 5.16 Å². The van der Waals surface area contributed by atoms with Crippen LogP contribution in [0.4, 0.5) is 13.2 Å². The summed E-state index contributed by atoms with van der Waals surface area (Å²) < 4.78 is 42.7. The number of carboxylic acids is 1. The van der Waals surface area contributed by atoms with Crippen molar-refractivity contribution < 1.29 is 37.1 Å². The number of nitrogens with zero attached hydrogens (tertiary/aromatic N) is 4. The standard InChI is InChI=1S/C19H25N5O3.C2HF3O2/c1-11(20)19(25)24-6-3-15-14(10-24)9-21-12(2)16(15)17-22-18(27-23-17)13-4-7-26-8-5-13;3-2(4,5)1(6)7/h9,11,13H,3-8,10,20H2,1-2H3;(H,6,7). The minimum atomic E-state index is -5.08. The number of halogens is 3. The first kappa shape index (κ1) is 25.6. The van der Waals surface area contributed by atoms with Crippen LogP contribution in [0, 0.1) is 6.92 Å². The Bertz CT molecular complexity index is 1030. The van der Waals surface area contributed by atoms with E-state index in [1.807, 2.05) is 13.1 Å². The van der Waals surface area contributed by atoms with Crippen LogP contribution in [0.1, 0.15) is 48.4 Å². The maximum absolute atomic E-state index is 12.2. The van der Waals surface area contributed by atoms with Crippen LogP contribution in [0.2, 0.25) is 0 Å². The van der Waals surface area contributed by atoms with E-state index >= 15 is 0 Å². The number of fused-ring (bicyclic) bond motifs is 1. The zero-order valence-electron chi connectivity index (χ0n) is 18.8. The number of hydrogen-bond donors (Lipinski definition) is 2. The number of carbonyl (C=O) groups is 2. The monoisotopic (exact) mass is 485 g/mol. The van der Waals surface area contributed by atoms with Gasteiger partial charge in [-0.25, -0.2) is 4.79 Å². The van der Waals surface area contributed by atoms with Crippen LogP contribution < -0.4 is 5.73 Å². The normalized spacial score (nSPS) is 17.4. The molecule has 1 unspecified atom stereocenters. The Kier molecular flexibility index (Phi) is 7.87. The maximum atomic E-state index is 12.2. The Balaban J connectivity index is 0.000000406. The Hall–Kier alpha value is -3.06. The van der Waals surface area contributed by atoms with Crippen LogP contribution in [-0.4, -0.2) is 69.0 Å². The summed E-state index contributed by atoms with van der Waals surface area (Å²) >= 11 is 0. The quantitative estimate of drug-likeness (QED) is 0.668. The van der Waals surface area contributed by atoms with Gasteiger partial charge in [0.15, 0.2) is 0 Å². The lowest BCUT2D eigenvalue weighted by Crippen LogP contribution is -2.44. The molecule has 3 N–H and O–H groups in total. The number of aromatic nitrogens is 3. The molecule has 34 heavy (non-hydrogen) atoms. The largest absolute Gasteiger partial charge is 0.490 e. The van der Waals surface area contributed by atoms with Crippen LogP contribution in [0.15, 0.2) is 10.7 Å². The van der Waals surface area contributed by atoms with Crippen molar-refractivity contribution in [2.24, 2.45) is 5.73 Å². The van der Waals surface area contributed by atoms with E-state index in [0.29, 0.717) is 24.8 Å². The molecule has 1 atom stereocenters. The van der Waals surface area contributed by atoms with Crippen molar-refractivity contribution in [2.75, 3.05) is 19.8 Å². The number of rotatable bonds is 3. The van der Waals surface area contributed by atoms with Gasteiger partial charge in [0.25, 0.3) is 0 Å². The molecule has 2 aromatic rings. The van der Waals surface area contributed by atoms with Crippen LogP contribution in [0.25, 0.3) is 11.4 Å². The third-order valence-corrected chi connectivity index (χ3v) is 5.64. The third kappa shape index (κ3) is 5.89. The van der Waals surface area contributed by atoms with Gasteiger partial charge in [0.05, 0.1) is 6.04 Å². The highest BCUT2D eigenvalue weighted by molar-refractivity contribution is 5.81. The molecule has 0 radical (unpaired) electrons. The van der Waals surface area contributed by atoms with Crippen molar-refractivity contribution in [3.63, 3.8) is 0 Å². The predicted molar refractivity (Wildman–Crippen MR) is 112 cm³/mol. The number of aliphatic carboxylic acids is 1. The topological polar surface area (TPSA) is 145 Å². The van der Waals surface area contributed by atoms with Gasteiger partial charge in [-0.05, 0) is 44.2 Å². The zero-order valence-corrected chi connectivity index (χ0v) is 18.8. The van der Waals surface area contributed by atoms with Crippen molar-refractivity contribution in [2.45, 2.75) is 57.8 Å². The second-order valence-electron chi connectivity index (χ2n) is 8.17.